The van der Waals surface area contributed by atoms with Gasteiger partial charge in [-0.25, -0.2) is 0 Å². The number of nitro groups is 1. The lowest BCUT2D eigenvalue weighted by molar-refractivity contribution is -0.387. The molecular formula is C14H19FN2O4. The smallest absolute Gasteiger partial charge is 0.310 e. The Kier molecular flexibility index (Phi) is 4.68. The van der Waals surface area contributed by atoms with Gasteiger partial charge in [0.2, 0.25) is 5.82 Å². The Labute approximate surface area is 122 Å². The summed E-state index contributed by atoms with van der Waals surface area (Å²) in [5.74, 6) is -1.86. The zero-order valence-corrected chi connectivity index (χ0v) is 12.4. The number of rotatable bonds is 6. The Morgan fingerprint density at radius 3 is 2.38 bits per heavy atom. The average molecular weight is 298 g/mol. The number of nitrogens with zero attached hydrogens (tertiary/aromatic N) is 1. The van der Waals surface area contributed by atoms with E-state index in [1.54, 1.807) is 27.7 Å². The quantitative estimate of drug-likeness (QED) is 0.622. The summed E-state index contributed by atoms with van der Waals surface area (Å²) >= 11 is 0. The van der Waals surface area contributed by atoms with Crippen LogP contribution in [0.1, 0.15) is 33.3 Å². The minimum Gasteiger partial charge on any atom is -0.481 e. The van der Waals surface area contributed by atoms with Crippen LogP contribution in [0.3, 0.4) is 0 Å². The number of hydrogen-bond donors (Lipinski definition) is 2. The summed E-state index contributed by atoms with van der Waals surface area (Å²) in [7, 11) is 0. The van der Waals surface area contributed by atoms with E-state index in [2.05, 4.69) is 5.32 Å². The second kappa shape index (κ2) is 5.77. The van der Waals surface area contributed by atoms with E-state index in [4.69, 9.17) is 0 Å². The maximum Gasteiger partial charge on any atom is 0.310 e. The van der Waals surface area contributed by atoms with Crippen molar-refractivity contribution in [3.63, 3.8) is 0 Å². The SMILES string of the molecule is CC(C)(NCc1ccc([N+](=O)[O-])c(F)c1)C(C)(C)C(=O)O. The van der Waals surface area contributed by atoms with Crippen molar-refractivity contribution in [2.75, 3.05) is 0 Å². The Bertz CT molecular complexity index is 570. The second-order valence-electron chi connectivity index (χ2n) is 5.95. The van der Waals surface area contributed by atoms with Crippen LogP contribution in [0.4, 0.5) is 10.1 Å². The monoisotopic (exact) mass is 298 g/mol. The fourth-order valence-corrected chi connectivity index (χ4v) is 1.62. The van der Waals surface area contributed by atoms with Gasteiger partial charge in [0, 0.05) is 18.2 Å². The zero-order valence-electron chi connectivity index (χ0n) is 12.4. The third-order valence-corrected chi connectivity index (χ3v) is 4.04. The fraction of sp³-hybridized carbons (Fsp3) is 0.500. The van der Waals surface area contributed by atoms with Crippen LogP contribution in [-0.4, -0.2) is 21.5 Å². The van der Waals surface area contributed by atoms with Gasteiger partial charge in [0.15, 0.2) is 0 Å². The molecule has 0 aromatic heterocycles. The van der Waals surface area contributed by atoms with E-state index < -0.39 is 33.4 Å². The number of carbonyl (C=O) groups is 1. The first-order valence-corrected chi connectivity index (χ1v) is 6.40. The number of hydrogen-bond acceptors (Lipinski definition) is 4. The molecule has 0 radical (unpaired) electrons. The van der Waals surface area contributed by atoms with E-state index in [9.17, 15) is 24.4 Å². The highest BCUT2D eigenvalue weighted by atomic mass is 19.1. The maximum atomic E-state index is 13.5. The van der Waals surface area contributed by atoms with Gasteiger partial charge in [-0.2, -0.15) is 4.39 Å². The molecule has 0 bridgehead atoms. The molecule has 0 spiro atoms. The third kappa shape index (κ3) is 3.55. The molecular weight excluding hydrogens is 279 g/mol. The van der Waals surface area contributed by atoms with Crippen LogP contribution in [0, 0.1) is 21.3 Å². The summed E-state index contributed by atoms with van der Waals surface area (Å²) in [4.78, 5) is 21.0. The number of carboxylic acids is 1. The molecule has 0 aliphatic rings. The van der Waals surface area contributed by atoms with Gasteiger partial charge in [-0.05, 0) is 39.3 Å². The molecule has 1 aromatic rings. The molecule has 6 nitrogen and oxygen atoms in total. The van der Waals surface area contributed by atoms with Crippen molar-refractivity contribution in [1.82, 2.24) is 5.32 Å². The molecule has 0 fully saturated rings. The largest absolute Gasteiger partial charge is 0.481 e. The van der Waals surface area contributed by atoms with Gasteiger partial charge in [0.05, 0.1) is 10.3 Å². The Hall–Kier alpha value is -2.02. The van der Waals surface area contributed by atoms with E-state index in [1.165, 1.54) is 6.07 Å². The average Bonchev–Trinajstić information content (AvgIpc) is 2.35. The highest BCUT2D eigenvalue weighted by Crippen LogP contribution is 2.31. The molecule has 0 amide bonds. The topological polar surface area (TPSA) is 92.5 Å². The van der Waals surface area contributed by atoms with Crippen LogP contribution in [-0.2, 0) is 11.3 Å². The first kappa shape index (κ1) is 17.0. The predicted octanol–water partition coefficient (Wildman–Crippen LogP) is 2.71. The van der Waals surface area contributed by atoms with E-state index in [0.717, 1.165) is 12.1 Å². The minimum absolute atomic E-state index is 0.207. The summed E-state index contributed by atoms with van der Waals surface area (Å²) < 4.78 is 13.5. The second-order valence-corrected chi connectivity index (χ2v) is 5.95. The van der Waals surface area contributed by atoms with Gasteiger partial charge in [0.1, 0.15) is 0 Å². The van der Waals surface area contributed by atoms with Crippen LogP contribution in [0.2, 0.25) is 0 Å². The van der Waals surface area contributed by atoms with E-state index in [-0.39, 0.29) is 6.54 Å². The molecule has 0 unspecified atom stereocenters. The Morgan fingerprint density at radius 2 is 1.95 bits per heavy atom. The van der Waals surface area contributed by atoms with Crippen LogP contribution < -0.4 is 5.32 Å². The van der Waals surface area contributed by atoms with Gasteiger partial charge in [-0.1, -0.05) is 6.07 Å². The van der Waals surface area contributed by atoms with Crippen molar-refractivity contribution >= 4 is 11.7 Å². The number of nitrogens with one attached hydrogen (secondary N) is 1. The Balaban J connectivity index is 2.87. The molecule has 116 valence electrons. The molecule has 7 heteroatoms. The van der Waals surface area contributed by atoms with Crippen molar-refractivity contribution in [1.29, 1.82) is 0 Å². The van der Waals surface area contributed by atoms with E-state index in [1.807, 2.05) is 0 Å². The van der Waals surface area contributed by atoms with Crippen LogP contribution in [0.5, 0.6) is 0 Å². The molecule has 2 N–H and O–H groups in total. The molecule has 21 heavy (non-hydrogen) atoms. The number of halogens is 1. The van der Waals surface area contributed by atoms with Crippen LogP contribution in [0.25, 0.3) is 0 Å². The van der Waals surface area contributed by atoms with Gasteiger partial charge >= 0.3 is 11.7 Å². The molecule has 0 saturated carbocycles. The van der Waals surface area contributed by atoms with Gasteiger partial charge in [-0.15, -0.1) is 0 Å². The van der Waals surface area contributed by atoms with Gasteiger partial charge in [0.25, 0.3) is 0 Å². The van der Waals surface area contributed by atoms with Gasteiger partial charge < -0.3 is 10.4 Å². The predicted molar refractivity (Wildman–Crippen MR) is 75.4 cm³/mol. The molecule has 1 aromatic carbocycles. The van der Waals surface area contributed by atoms with E-state index in [0.29, 0.717) is 5.56 Å². The van der Waals surface area contributed by atoms with Crippen LogP contribution in [0.15, 0.2) is 18.2 Å². The van der Waals surface area contributed by atoms with Crippen molar-refractivity contribution < 1.29 is 19.2 Å². The minimum atomic E-state index is -1.04. The normalized spacial score (nSPS) is 12.2. The van der Waals surface area contributed by atoms with Crippen LogP contribution >= 0.6 is 0 Å². The van der Waals surface area contributed by atoms with E-state index >= 15 is 0 Å². The molecule has 1 rings (SSSR count). The summed E-state index contributed by atoms with van der Waals surface area (Å²) in [5, 5.41) is 22.8. The lowest BCUT2D eigenvalue weighted by atomic mass is 9.74. The highest BCUT2D eigenvalue weighted by Gasteiger charge is 2.43. The molecule has 0 heterocycles. The zero-order chi connectivity index (χ0) is 16.4. The lowest BCUT2D eigenvalue weighted by Gasteiger charge is -2.39. The van der Waals surface area contributed by atoms with Crippen molar-refractivity contribution in [2.24, 2.45) is 5.41 Å². The molecule has 0 aliphatic heterocycles. The summed E-state index contributed by atoms with van der Waals surface area (Å²) in [5.41, 5.74) is -1.86. The summed E-state index contributed by atoms with van der Waals surface area (Å²) in [6, 6.07) is 3.62. The molecule has 0 atom stereocenters. The maximum absolute atomic E-state index is 13.5. The summed E-state index contributed by atoms with van der Waals surface area (Å²) in [6.45, 7) is 6.88. The first-order valence-electron chi connectivity index (χ1n) is 6.40. The first-order chi connectivity index (χ1) is 9.49. The fourth-order valence-electron chi connectivity index (χ4n) is 1.62. The summed E-state index contributed by atoms with van der Waals surface area (Å²) in [6.07, 6.45) is 0. The molecule has 0 aliphatic carbocycles. The van der Waals surface area contributed by atoms with Crippen molar-refractivity contribution in [2.45, 2.75) is 39.8 Å². The van der Waals surface area contributed by atoms with Gasteiger partial charge in [-0.3, -0.25) is 14.9 Å². The third-order valence-electron chi connectivity index (χ3n) is 4.04. The van der Waals surface area contributed by atoms with Crippen molar-refractivity contribution in [3.05, 3.63) is 39.7 Å². The number of carboxylic acid groups (broad SMARTS) is 1. The highest BCUT2D eigenvalue weighted by molar-refractivity contribution is 5.75. The van der Waals surface area contributed by atoms with Crippen molar-refractivity contribution in [3.8, 4) is 0 Å². The molecule has 0 saturated heterocycles. The lowest BCUT2D eigenvalue weighted by Crippen LogP contribution is -2.54. The number of aliphatic carboxylic acids is 1. The number of nitro benzene ring substituents is 1. The standard InChI is InChI=1S/C14H19FN2O4/c1-13(2,12(18)19)14(3,4)16-8-9-5-6-11(17(20)21)10(15)7-9/h5-7,16H,8H2,1-4H3,(H,18,19). The number of benzene rings is 1. The Morgan fingerprint density at radius 1 is 1.38 bits per heavy atom.